The largest absolute Gasteiger partial charge is 0.444 e. The average molecular weight is 456 g/mol. The first-order valence-corrected chi connectivity index (χ1v) is 11.3. The fraction of sp³-hybridized carbons (Fsp3) is 0.500. The second-order valence-electron chi connectivity index (χ2n) is 9.67. The van der Waals surface area contributed by atoms with Crippen LogP contribution >= 0.6 is 0 Å². The molecule has 4 rings (SSSR count). The van der Waals surface area contributed by atoms with E-state index in [-0.39, 0.29) is 17.9 Å². The van der Waals surface area contributed by atoms with Crippen LogP contribution in [0.1, 0.15) is 45.1 Å². The fourth-order valence-corrected chi connectivity index (χ4v) is 4.11. The topological polar surface area (TPSA) is 87.7 Å². The number of hydrogen-bond donors (Lipinski definition) is 1. The Bertz CT molecular complexity index is 977. The summed E-state index contributed by atoms with van der Waals surface area (Å²) in [5.74, 6) is 0.145. The first-order valence-electron chi connectivity index (χ1n) is 11.3. The maximum Gasteiger partial charge on any atom is 0.410 e. The molecule has 2 fully saturated rings. The predicted molar refractivity (Wildman–Crippen MR) is 123 cm³/mol. The van der Waals surface area contributed by atoms with Crippen molar-refractivity contribution in [3.05, 3.63) is 47.9 Å². The third-order valence-corrected chi connectivity index (χ3v) is 5.99. The molecular formula is C24H30FN5O3. The molecule has 1 N–H and O–H groups in total. The van der Waals surface area contributed by atoms with Gasteiger partial charge in [0.25, 0.3) is 0 Å². The molecule has 2 aromatic rings. The quantitative estimate of drug-likeness (QED) is 0.755. The molecule has 0 spiro atoms. The second kappa shape index (κ2) is 9.33. The van der Waals surface area contributed by atoms with Crippen molar-refractivity contribution in [2.75, 3.05) is 36.4 Å². The summed E-state index contributed by atoms with van der Waals surface area (Å²) in [6, 6.07) is 10.8. The van der Waals surface area contributed by atoms with E-state index in [9.17, 15) is 14.0 Å². The summed E-state index contributed by atoms with van der Waals surface area (Å²) in [6.45, 7) is 8.03. The van der Waals surface area contributed by atoms with Gasteiger partial charge in [0, 0.05) is 31.9 Å². The molecule has 0 bridgehead atoms. The van der Waals surface area contributed by atoms with Gasteiger partial charge in [-0.15, -0.1) is 10.2 Å². The first kappa shape index (κ1) is 22.9. The molecule has 2 saturated heterocycles. The number of nitrogens with one attached hydrogen (secondary N) is 1. The number of rotatable bonds is 4. The number of aromatic nitrogens is 2. The van der Waals surface area contributed by atoms with E-state index in [1.807, 2.05) is 49.9 Å². The summed E-state index contributed by atoms with van der Waals surface area (Å²) >= 11 is 0. The molecule has 0 aliphatic carbocycles. The number of piperidine rings is 1. The van der Waals surface area contributed by atoms with E-state index in [0.717, 1.165) is 18.5 Å². The van der Waals surface area contributed by atoms with Crippen molar-refractivity contribution >= 4 is 23.5 Å². The predicted octanol–water partition coefficient (Wildman–Crippen LogP) is 3.81. The number of benzene rings is 1. The number of amides is 2. The van der Waals surface area contributed by atoms with Crippen LogP contribution in [0, 0.1) is 11.9 Å². The number of carbonyl (C=O) groups excluding carboxylic acids is 2. The van der Waals surface area contributed by atoms with E-state index in [0.29, 0.717) is 37.9 Å². The molecule has 0 atom stereocenters. The summed E-state index contributed by atoms with van der Waals surface area (Å²) in [7, 11) is 0. The summed E-state index contributed by atoms with van der Waals surface area (Å²) in [4.78, 5) is 28.4. The lowest BCUT2D eigenvalue weighted by Crippen LogP contribution is -2.52. The zero-order valence-corrected chi connectivity index (χ0v) is 19.3. The number of halogens is 1. The van der Waals surface area contributed by atoms with Crippen molar-refractivity contribution < 1.29 is 18.7 Å². The number of likely N-dealkylation sites (tertiary alicyclic amines) is 1. The van der Waals surface area contributed by atoms with Gasteiger partial charge in [0.15, 0.2) is 5.82 Å². The van der Waals surface area contributed by atoms with Crippen LogP contribution in [0.25, 0.3) is 0 Å². The highest BCUT2D eigenvalue weighted by Crippen LogP contribution is 2.30. The molecule has 1 aromatic carbocycles. The zero-order chi connectivity index (χ0) is 23.6. The van der Waals surface area contributed by atoms with E-state index < -0.39 is 11.5 Å². The monoisotopic (exact) mass is 455 g/mol. The zero-order valence-electron chi connectivity index (χ0n) is 19.3. The smallest absolute Gasteiger partial charge is 0.410 e. The van der Waals surface area contributed by atoms with Crippen molar-refractivity contribution in [2.24, 2.45) is 5.92 Å². The molecule has 176 valence electrons. The Labute approximate surface area is 193 Å². The maximum absolute atomic E-state index is 12.9. The van der Waals surface area contributed by atoms with Gasteiger partial charge in [0.1, 0.15) is 5.60 Å². The van der Waals surface area contributed by atoms with Crippen molar-refractivity contribution in [1.29, 1.82) is 0 Å². The summed E-state index contributed by atoms with van der Waals surface area (Å²) in [5, 5.41) is 10.2. The van der Waals surface area contributed by atoms with Crippen molar-refractivity contribution in [2.45, 2.75) is 45.1 Å². The lowest BCUT2D eigenvalue weighted by Gasteiger charge is -2.38. The number of anilines is 2. The van der Waals surface area contributed by atoms with Crippen LogP contribution in [0.2, 0.25) is 0 Å². The molecule has 8 nitrogen and oxygen atoms in total. The Balaban J connectivity index is 1.23. The standard InChI is InChI=1S/C24H30FN5O3/c1-24(2,3)33-23(32)29-12-10-17(11-13-29)16-4-6-19(7-5-16)26-22(31)18-14-30(15-18)21-9-8-20(25)27-28-21/h4-9,17-18H,10-15H2,1-3H3,(H,26,31). The minimum atomic E-state index is -0.620. The van der Waals surface area contributed by atoms with E-state index in [1.165, 1.54) is 11.6 Å². The fourth-order valence-electron chi connectivity index (χ4n) is 4.11. The van der Waals surface area contributed by atoms with Crippen LogP contribution in [0.15, 0.2) is 36.4 Å². The number of carbonyl (C=O) groups is 2. The molecule has 1 aromatic heterocycles. The molecular weight excluding hydrogens is 425 g/mol. The van der Waals surface area contributed by atoms with Crippen molar-refractivity contribution in [1.82, 2.24) is 15.1 Å². The minimum absolute atomic E-state index is 0.0419. The maximum atomic E-state index is 12.9. The van der Waals surface area contributed by atoms with Crippen LogP contribution in [-0.2, 0) is 9.53 Å². The molecule has 2 amide bonds. The second-order valence-corrected chi connectivity index (χ2v) is 9.67. The summed E-state index contributed by atoms with van der Waals surface area (Å²) < 4.78 is 18.4. The normalized spacial score (nSPS) is 17.5. The van der Waals surface area contributed by atoms with Gasteiger partial charge < -0.3 is 19.9 Å². The van der Waals surface area contributed by atoms with Crippen LogP contribution in [0.4, 0.5) is 20.7 Å². The average Bonchev–Trinajstić information content (AvgIpc) is 2.73. The molecule has 2 aliphatic rings. The van der Waals surface area contributed by atoms with E-state index in [4.69, 9.17) is 4.74 Å². The van der Waals surface area contributed by atoms with E-state index >= 15 is 0 Å². The van der Waals surface area contributed by atoms with Crippen LogP contribution < -0.4 is 10.2 Å². The summed E-state index contributed by atoms with van der Waals surface area (Å²) in [5.41, 5.74) is 1.48. The highest BCUT2D eigenvalue weighted by atomic mass is 19.1. The SMILES string of the molecule is CC(C)(C)OC(=O)N1CCC(c2ccc(NC(=O)C3CN(c4ccc(F)nn4)C3)cc2)CC1. The van der Waals surface area contributed by atoms with Crippen molar-refractivity contribution in [3.8, 4) is 0 Å². The Kier molecular flexibility index (Phi) is 6.49. The van der Waals surface area contributed by atoms with Gasteiger partial charge in [-0.3, -0.25) is 4.79 Å². The van der Waals surface area contributed by atoms with Crippen LogP contribution in [-0.4, -0.2) is 58.9 Å². The Hall–Kier alpha value is -3.23. The Morgan fingerprint density at radius 1 is 1.03 bits per heavy atom. The van der Waals surface area contributed by atoms with E-state index in [1.54, 1.807) is 11.0 Å². The molecule has 33 heavy (non-hydrogen) atoms. The Morgan fingerprint density at radius 3 is 2.27 bits per heavy atom. The number of nitrogens with zero attached hydrogens (tertiary/aromatic N) is 4. The van der Waals surface area contributed by atoms with Crippen molar-refractivity contribution in [3.63, 3.8) is 0 Å². The molecule has 0 unspecified atom stereocenters. The molecule has 0 saturated carbocycles. The van der Waals surface area contributed by atoms with Crippen LogP contribution in [0.3, 0.4) is 0 Å². The van der Waals surface area contributed by atoms with Gasteiger partial charge >= 0.3 is 6.09 Å². The highest BCUT2D eigenvalue weighted by Gasteiger charge is 2.34. The summed E-state index contributed by atoms with van der Waals surface area (Å²) in [6.07, 6.45) is 1.52. The third kappa shape index (κ3) is 5.77. The highest BCUT2D eigenvalue weighted by molar-refractivity contribution is 5.94. The lowest BCUT2D eigenvalue weighted by atomic mass is 9.89. The van der Waals surface area contributed by atoms with Gasteiger partial charge in [-0.1, -0.05) is 12.1 Å². The van der Waals surface area contributed by atoms with Gasteiger partial charge in [-0.2, -0.15) is 4.39 Å². The third-order valence-electron chi connectivity index (χ3n) is 5.99. The molecule has 0 radical (unpaired) electrons. The number of ether oxygens (including phenoxy) is 1. The molecule has 2 aliphatic heterocycles. The van der Waals surface area contributed by atoms with Gasteiger partial charge in [0.2, 0.25) is 11.9 Å². The first-order chi connectivity index (χ1) is 15.7. The lowest BCUT2D eigenvalue weighted by molar-refractivity contribution is -0.120. The molecule has 3 heterocycles. The molecule has 9 heteroatoms. The Morgan fingerprint density at radius 2 is 1.70 bits per heavy atom. The van der Waals surface area contributed by atoms with E-state index in [2.05, 4.69) is 15.5 Å². The van der Waals surface area contributed by atoms with Gasteiger partial charge in [-0.05, 0) is 69.4 Å². The van der Waals surface area contributed by atoms with Crippen LogP contribution in [0.5, 0.6) is 0 Å². The van der Waals surface area contributed by atoms with Gasteiger partial charge in [-0.25, -0.2) is 4.79 Å². The van der Waals surface area contributed by atoms with Gasteiger partial charge in [0.05, 0.1) is 5.92 Å². The number of hydrogen-bond acceptors (Lipinski definition) is 6. The minimum Gasteiger partial charge on any atom is -0.444 e.